The highest BCUT2D eigenvalue weighted by atomic mass is 32.2. The van der Waals surface area contributed by atoms with Crippen LogP contribution in [-0.4, -0.2) is 30.5 Å². The number of carboxylic acids is 1. The van der Waals surface area contributed by atoms with Gasteiger partial charge < -0.3 is 19.9 Å². The summed E-state index contributed by atoms with van der Waals surface area (Å²) in [7, 11) is 0. The maximum absolute atomic E-state index is 10.9. The molecule has 0 fully saturated rings. The van der Waals surface area contributed by atoms with Gasteiger partial charge >= 0.3 is 5.97 Å². The Morgan fingerprint density at radius 1 is 1.12 bits per heavy atom. The van der Waals surface area contributed by atoms with Crippen molar-refractivity contribution in [3.8, 4) is 11.5 Å². The van der Waals surface area contributed by atoms with Crippen LogP contribution in [0.5, 0.6) is 11.5 Å². The van der Waals surface area contributed by atoms with Crippen LogP contribution in [0.15, 0.2) is 41.3 Å². The molecular weight excluding hydrogens is 326 g/mol. The molecule has 2 aromatic carbocycles. The first kappa shape index (κ1) is 16.7. The third-order valence-electron chi connectivity index (χ3n) is 3.79. The van der Waals surface area contributed by atoms with E-state index in [2.05, 4.69) is 5.32 Å². The average molecular weight is 345 g/mol. The number of carboxylic acid groups (broad SMARTS) is 1. The molecule has 0 amide bonds. The van der Waals surface area contributed by atoms with E-state index in [1.807, 2.05) is 30.5 Å². The topological polar surface area (TPSA) is 67.8 Å². The lowest BCUT2D eigenvalue weighted by molar-refractivity contribution is 0.0697. The molecule has 0 aliphatic carbocycles. The highest BCUT2D eigenvalue weighted by Gasteiger charge is 2.15. The van der Waals surface area contributed by atoms with E-state index in [0.717, 1.165) is 27.5 Å². The van der Waals surface area contributed by atoms with Crippen molar-refractivity contribution in [3.63, 3.8) is 0 Å². The summed E-state index contributed by atoms with van der Waals surface area (Å²) in [5.41, 5.74) is 2.51. The van der Waals surface area contributed by atoms with Crippen LogP contribution in [-0.2, 0) is 13.1 Å². The predicted molar refractivity (Wildman–Crippen MR) is 93.2 cm³/mol. The zero-order valence-corrected chi connectivity index (χ0v) is 14.2. The Kier molecular flexibility index (Phi) is 5.27. The molecule has 0 aromatic heterocycles. The van der Waals surface area contributed by atoms with Crippen molar-refractivity contribution in [1.29, 1.82) is 0 Å². The molecule has 0 unspecified atom stereocenters. The monoisotopic (exact) mass is 345 g/mol. The fourth-order valence-electron chi connectivity index (χ4n) is 2.55. The van der Waals surface area contributed by atoms with Crippen LogP contribution in [0.25, 0.3) is 0 Å². The van der Waals surface area contributed by atoms with Crippen molar-refractivity contribution in [1.82, 2.24) is 5.32 Å². The summed E-state index contributed by atoms with van der Waals surface area (Å²) in [6, 6.07) is 11.0. The minimum Gasteiger partial charge on any atom is -0.486 e. The fourth-order valence-corrected chi connectivity index (χ4v) is 3.17. The molecule has 0 spiro atoms. The number of hydrogen-bond donors (Lipinski definition) is 2. The van der Waals surface area contributed by atoms with E-state index in [9.17, 15) is 4.79 Å². The first-order chi connectivity index (χ1) is 11.7. The molecule has 1 aliphatic rings. The summed E-state index contributed by atoms with van der Waals surface area (Å²) in [5, 5.41) is 12.3. The van der Waals surface area contributed by atoms with Gasteiger partial charge in [-0.1, -0.05) is 12.1 Å². The van der Waals surface area contributed by atoms with Crippen LogP contribution >= 0.6 is 11.8 Å². The lowest BCUT2D eigenvalue weighted by Gasteiger charge is -2.21. The number of fused-ring (bicyclic) bond motifs is 1. The van der Waals surface area contributed by atoms with Gasteiger partial charge in [0.05, 0.1) is 5.56 Å². The summed E-state index contributed by atoms with van der Waals surface area (Å²) >= 11 is 1.68. The lowest BCUT2D eigenvalue weighted by Crippen LogP contribution is -2.17. The Labute approximate surface area is 145 Å². The molecule has 0 bridgehead atoms. The number of ether oxygens (including phenoxy) is 2. The maximum atomic E-state index is 10.9. The zero-order chi connectivity index (χ0) is 16.9. The van der Waals surface area contributed by atoms with Crippen LogP contribution in [0.3, 0.4) is 0 Å². The Morgan fingerprint density at radius 2 is 1.79 bits per heavy atom. The number of benzene rings is 2. The van der Waals surface area contributed by atoms with Crippen molar-refractivity contribution < 1.29 is 19.4 Å². The second kappa shape index (κ2) is 7.59. The highest BCUT2D eigenvalue weighted by Crippen LogP contribution is 2.36. The number of rotatable bonds is 6. The lowest BCUT2D eigenvalue weighted by atomic mass is 10.1. The van der Waals surface area contributed by atoms with Gasteiger partial charge in [-0.05, 0) is 41.6 Å². The van der Waals surface area contributed by atoms with Gasteiger partial charge in [0.25, 0.3) is 0 Å². The molecule has 2 aromatic rings. The minimum atomic E-state index is -0.907. The maximum Gasteiger partial charge on any atom is 0.335 e. The highest BCUT2D eigenvalue weighted by molar-refractivity contribution is 7.98. The Hall–Kier alpha value is -2.18. The van der Waals surface area contributed by atoms with Crippen molar-refractivity contribution in [2.75, 3.05) is 19.5 Å². The average Bonchev–Trinajstić information content (AvgIpc) is 2.61. The third-order valence-corrected chi connectivity index (χ3v) is 4.61. The van der Waals surface area contributed by atoms with Gasteiger partial charge in [0, 0.05) is 18.0 Å². The molecule has 6 heteroatoms. The molecule has 0 atom stereocenters. The summed E-state index contributed by atoms with van der Waals surface area (Å²) in [4.78, 5) is 12.0. The molecule has 5 nitrogen and oxygen atoms in total. The summed E-state index contributed by atoms with van der Waals surface area (Å²) < 4.78 is 11.3. The SMILES string of the molecule is CSc1cc2c(cc1CNCc1ccc(C(=O)O)cc1)OCCO2. The van der Waals surface area contributed by atoms with Crippen molar-refractivity contribution in [3.05, 3.63) is 53.1 Å². The molecule has 126 valence electrons. The first-order valence-electron chi connectivity index (χ1n) is 7.67. The second-order valence-corrected chi connectivity index (χ2v) is 6.26. The van der Waals surface area contributed by atoms with Gasteiger partial charge in [-0.3, -0.25) is 0 Å². The molecular formula is C18H19NO4S. The number of carbonyl (C=O) groups is 1. The molecule has 2 N–H and O–H groups in total. The number of aromatic carboxylic acids is 1. The summed E-state index contributed by atoms with van der Waals surface area (Å²) in [6.07, 6.45) is 2.04. The number of nitrogens with one attached hydrogen (secondary N) is 1. The van der Waals surface area contributed by atoms with Gasteiger partial charge in [-0.15, -0.1) is 11.8 Å². The van der Waals surface area contributed by atoms with Crippen molar-refractivity contribution in [2.24, 2.45) is 0 Å². The van der Waals surface area contributed by atoms with Crippen LogP contribution in [0.1, 0.15) is 21.5 Å². The summed E-state index contributed by atoms with van der Waals surface area (Å²) in [6.45, 7) is 2.54. The van der Waals surface area contributed by atoms with Crippen molar-refractivity contribution in [2.45, 2.75) is 18.0 Å². The van der Waals surface area contributed by atoms with Crippen LogP contribution in [0, 0.1) is 0 Å². The van der Waals surface area contributed by atoms with Gasteiger partial charge in [0.15, 0.2) is 11.5 Å². The Morgan fingerprint density at radius 3 is 2.42 bits per heavy atom. The molecule has 0 radical (unpaired) electrons. The minimum absolute atomic E-state index is 0.301. The second-order valence-electron chi connectivity index (χ2n) is 5.41. The van der Waals surface area contributed by atoms with Crippen LogP contribution in [0.2, 0.25) is 0 Å². The van der Waals surface area contributed by atoms with Gasteiger partial charge in [-0.2, -0.15) is 0 Å². The van der Waals surface area contributed by atoms with E-state index < -0.39 is 5.97 Å². The standard InChI is InChI=1S/C18H19NO4S/c1-24-17-9-16-15(22-6-7-23-16)8-14(17)11-19-10-12-2-4-13(5-3-12)18(20)21/h2-5,8-9,19H,6-7,10-11H2,1H3,(H,20,21). The number of hydrogen-bond acceptors (Lipinski definition) is 5. The van der Waals surface area contributed by atoms with E-state index in [4.69, 9.17) is 14.6 Å². The van der Waals surface area contributed by atoms with Gasteiger partial charge in [-0.25, -0.2) is 4.79 Å². The summed E-state index contributed by atoms with van der Waals surface area (Å²) in [5.74, 6) is 0.690. The van der Waals surface area contributed by atoms with Crippen molar-refractivity contribution >= 4 is 17.7 Å². The molecule has 0 saturated carbocycles. The zero-order valence-electron chi connectivity index (χ0n) is 13.4. The van der Waals surface area contributed by atoms with Gasteiger partial charge in [0.2, 0.25) is 0 Å². The molecule has 24 heavy (non-hydrogen) atoms. The van der Waals surface area contributed by atoms with E-state index in [-0.39, 0.29) is 0 Å². The van der Waals surface area contributed by atoms with E-state index in [0.29, 0.717) is 31.9 Å². The van der Waals surface area contributed by atoms with E-state index in [1.54, 1.807) is 23.9 Å². The first-order valence-corrected chi connectivity index (χ1v) is 8.89. The largest absolute Gasteiger partial charge is 0.486 e. The van der Waals surface area contributed by atoms with E-state index in [1.165, 1.54) is 0 Å². The smallest absolute Gasteiger partial charge is 0.335 e. The van der Waals surface area contributed by atoms with E-state index >= 15 is 0 Å². The Bertz CT molecular complexity index is 731. The number of thioether (sulfide) groups is 1. The molecule has 1 heterocycles. The quantitative estimate of drug-likeness (QED) is 0.784. The van der Waals surface area contributed by atoms with Gasteiger partial charge in [0.1, 0.15) is 13.2 Å². The predicted octanol–water partition coefficient (Wildman–Crippen LogP) is 3.17. The molecule has 0 saturated heterocycles. The van der Waals surface area contributed by atoms with Crippen LogP contribution < -0.4 is 14.8 Å². The molecule has 3 rings (SSSR count). The third kappa shape index (κ3) is 3.83. The van der Waals surface area contributed by atoms with Crippen LogP contribution in [0.4, 0.5) is 0 Å². The normalized spacial score (nSPS) is 12.9. The Balaban J connectivity index is 1.64. The fraction of sp³-hybridized carbons (Fsp3) is 0.278. The molecule has 1 aliphatic heterocycles.